The van der Waals surface area contributed by atoms with E-state index in [4.69, 9.17) is 0 Å². The van der Waals surface area contributed by atoms with Gasteiger partial charge in [-0.2, -0.15) is 11.3 Å². The second-order valence-electron chi connectivity index (χ2n) is 5.82. The van der Waals surface area contributed by atoms with Crippen LogP contribution in [0.1, 0.15) is 19.5 Å². The van der Waals surface area contributed by atoms with Crippen LogP contribution >= 0.6 is 56.7 Å². The zero-order chi connectivity index (χ0) is 18.3. The van der Waals surface area contributed by atoms with Crippen molar-refractivity contribution in [3.8, 4) is 11.1 Å². The Morgan fingerprint density at radius 2 is 1.11 bits per heavy atom. The molecule has 1 aliphatic rings. The first-order chi connectivity index (χ1) is 13.4. The van der Waals surface area contributed by atoms with E-state index in [1.54, 1.807) is 21.1 Å². The Morgan fingerprint density at radius 1 is 0.556 bits per heavy atom. The third-order valence-corrected chi connectivity index (χ3v) is 8.26. The van der Waals surface area contributed by atoms with Crippen LogP contribution in [-0.4, -0.2) is 0 Å². The Bertz CT molecular complexity index is 927. The van der Waals surface area contributed by atoms with Gasteiger partial charge in [0.2, 0.25) is 0 Å². The molecule has 0 aromatic carbocycles. The van der Waals surface area contributed by atoms with Crippen LogP contribution in [0.15, 0.2) is 80.8 Å². The smallest absolute Gasteiger partial charge is 0.0176 e. The van der Waals surface area contributed by atoms with Gasteiger partial charge in [0.05, 0.1) is 0 Å². The monoisotopic (exact) mass is 442 g/mol. The van der Waals surface area contributed by atoms with Gasteiger partial charge in [-0.3, -0.25) is 0 Å². The summed E-state index contributed by atoms with van der Waals surface area (Å²) in [4.78, 5) is 6.00. The summed E-state index contributed by atoms with van der Waals surface area (Å²) in [6.07, 6.45) is 2.29. The summed E-state index contributed by atoms with van der Waals surface area (Å²) >= 11 is 9.13. The minimum absolute atomic E-state index is 1.11. The Kier molecular flexibility index (Phi) is 6.72. The van der Waals surface area contributed by atoms with Crippen LogP contribution in [0.4, 0.5) is 0 Å². The van der Waals surface area contributed by atoms with Crippen molar-refractivity contribution in [1.29, 1.82) is 0 Å². The molecule has 0 amide bonds. The largest absolute Gasteiger partial charge is 0.152 e. The predicted molar refractivity (Wildman–Crippen MR) is 126 cm³/mol. The Balaban J connectivity index is 0.000000107. The molecule has 0 radical (unpaired) electrons. The van der Waals surface area contributed by atoms with Crippen LogP contribution < -0.4 is 0 Å². The third kappa shape index (κ3) is 5.06. The fourth-order valence-electron chi connectivity index (χ4n) is 2.81. The van der Waals surface area contributed by atoms with Gasteiger partial charge >= 0.3 is 0 Å². The second-order valence-corrected chi connectivity index (χ2v) is 10.7. The van der Waals surface area contributed by atoms with Crippen molar-refractivity contribution in [3.63, 3.8) is 0 Å². The lowest BCUT2D eigenvalue weighted by Gasteiger charge is -1.90. The normalized spacial score (nSPS) is 11.0. The standard InChI is InChI=1S/C9H6S2.C9H8S2.C4H4S/c1-3-10-8-5-9-7(6(1)8)2-4-11-9;1-3-8(10-5-1)7-9-4-2-6-11-9;1-2-4-5-3-1/h1-4H,5H2;1-6H,7H2;1-4H. The Hall–Kier alpha value is -1.50. The summed E-state index contributed by atoms with van der Waals surface area (Å²) in [5.41, 5.74) is 2.96. The first-order valence-corrected chi connectivity index (χ1v) is 13.0. The van der Waals surface area contributed by atoms with Crippen molar-refractivity contribution in [2.45, 2.75) is 12.8 Å². The van der Waals surface area contributed by atoms with Crippen LogP contribution in [0.5, 0.6) is 0 Å². The number of rotatable bonds is 2. The zero-order valence-electron chi connectivity index (χ0n) is 14.5. The molecule has 0 unspecified atom stereocenters. The van der Waals surface area contributed by atoms with Crippen molar-refractivity contribution in [1.82, 2.24) is 0 Å². The highest BCUT2D eigenvalue weighted by Crippen LogP contribution is 2.42. The minimum Gasteiger partial charge on any atom is -0.152 e. The van der Waals surface area contributed by atoms with Crippen molar-refractivity contribution < 1.29 is 0 Å². The summed E-state index contributed by atoms with van der Waals surface area (Å²) < 4.78 is 0. The maximum Gasteiger partial charge on any atom is 0.0176 e. The molecule has 0 N–H and O–H groups in total. The molecule has 0 spiro atoms. The number of hydrogen-bond acceptors (Lipinski definition) is 5. The lowest BCUT2D eigenvalue weighted by Crippen LogP contribution is -1.75. The predicted octanol–water partition coefficient (Wildman–Crippen LogP) is 8.53. The van der Waals surface area contributed by atoms with Gasteiger partial charge in [-0.15, -0.1) is 45.3 Å². The van der Waals surface area contributed by atoms with Gasteiger partial charge in [0.25, 0.3) is 0 Å². The zero-order valence-corrected chi connectivity index (χ0v) is 18.6. The summed E-state index contributed by atoms with van der Waals surface area (Å²) in [7, 11) is 0. The minimum atomic E-state index is 1.11. The molecule has 0 nitrogen and oxygen atoms in total. The molecule has 6 rings (SSSR count). The quantitative estimate of drug-likeness (QED) is 0.252. The van der Waals surface area contributed by atoms with Crippen molar-refractivity contribution >= 4 is 56.7 Å². The van der Waals surface area contributed by atoms with Crippen LogP contribution in [0.2, 0.25) is 0 Å². The van der Waals surface area contributed by atoms with Gasteiger partial charge in [0, 0.05) is 32.4 Å². The lowest BCUT2D eigenvalue weighted by molar-refractivity contribution is 1.31. The Morgan fingerprint density at radius 3 is 1.52 bits per heavy atom. The van der Waals surface area contributed by atoms with Crippen molar-refractivity contribution in [2.24, 2.45) is 0 Å². The molecule has 27 heavy (non-hydrogen) atoms. The average Bonchev–Trinajstić information content (AvgIpc) is 3.48. The van der Waals surface area contributed by atoms with Crippen LogP contribution in [0.3, 0.4) is 0 Å². The van der Waals surface area contributed by atoms with E-state index in [9.17, 15) is 0 Å². The van der Waals surface area contributed by atoms with Gasteiger partial charge in [-0.1, -0.05) is 24.3 Å². The number of thiophene rings is 5. The molecule has 0 aliphatic heterocycles. The van der Waals surface area contributed by atoms with Gasteiger partial charge in [-0.05, 0) is 67.7 Å². The summed E-state index contributed by atoms with van der Waals surface area (Å²) in [6, 6.07) is 17.1. The van der Waals surface area contributed by atoms with Gasteiger partial charge in [0.15, 0.2) is 0 Å². The Labute approximate surface area is 180 Å². The molecule has 136 valence electrons. The fraction of sp³-hybridized carbons (Fsp3) is 0.0909. The molecule has 0 saturated carbocycles. The molecule has 5 aromatic rings. The van der Waals surface area contributed by atoms with E-state index in [0.717, 1.165) is 6.42 Å². The van der Waals surface area contributed by atoms with E-state index in [-0.39, 0.29) is 0 Å². The molecule has 1 aliphatic carbocycles. The molecular formula is C22H18S5. The van der Waals surface area contributed by atoms with Crippen LogP contribution in [-0.2, 0) is 12.8 Å². The van der Waals surface area contributed by atoms with Crippen molar-refractivity contribution in [3.05, 3.63) is 100 Å². The maximum atomic E-state index is 2.23. The number of hydrogen-bond donors (Lipinski definition) is 0. The van der Waals surface area contributed by atoms with E-state index in [1.165, 1.54) is 27.3 Å². The van der Waals surface area contributed by atoms with Gasteiger partial charge in [-0.25, -0.2) is 0 Å². The summed E-state index contributed by atoms with van der Waals surface area (Å²) in [6.45, 7) is 0. The van der Waals surface area contributed by atoms with E-state index in [1.807, 2.05) is 68.2 Å². The van der Waals surface area contributed by atoms with Crippen molar-refractivity contribution in [2.75, 3.05) is 0 Å². The van der Waals surface area contributed by atoms with Gasteiger partial charge in [0.1, 0.15) is 0 Å². The first kappa shape index (κ1) is 18.8. The number of fused-ring (bicyclic) bond motifs is 3. The maximum absolute atomic E-state index is 2.23. The van der Waals surface area contributed by atoms with E-state index in [2.05, 4.69) is 57.9 Å². The molecule has 0 bridgehead atoms. The van der Waals surface area contributed by atoms with E-state index >= 15 is 0 Å². The van der Waals surface area contributed by atoms with Crippen LogP contribution in [0, 0.1) is 0 Å². The van der Waals surface area contributed by atoms with E-state index in [0.29, 0.717) is 0 Å². The van der Waals surface area contributed by atoms with E-state index < -0.39 is 0 Å². The van der Waals surface area contributed by atoms with Gasteiger partial charge < -0.3 is 0 Å². The highest BCUT2D eigenvalue weighted by atomic mass is 32.1. The topological polar surface area (TPSA) is 0 Å². The summed E-state index contributed by atoms with van der Waals surface area (Å²) in [5, 5.41) is 12.7. The highest BCUT2D eigenvalue weighted by Gasteiger charge is 2.19. The highest BCUT2D eigenvalue weighted by molar-refractivity contribution is 7.13. The molecule has 0 atom stereocenters. The second kappa shape index (κ2) is 9.62. The third-order valence-electron chi connectivity index (χ3n) is 4.04. The average molecular weight is 443 g/mol. The SMILES string of the molecule is c1cc2c(s1)Cc1sccc1-2.c1ccsc1.c1csc(Cc2cccs2)c1. The first-order valence-electron chi connectivity index (χ1n) is 8.55. The lowest BCUT2D eigenvalue weighted by atomic mass is 10.2. The molecule has 5 aromatic heterocycles. The molecular weight excluding hydrogens is 425 g/mol. The molecule has 5 heteroatoms. The fourth-order valence-corrected chi connectivity index (χ4v) is 6.70. The molecule has 0 saturated heterocycles. The molecule has 0 fully saturated rings. The summed E-state index contributed by atoms with van der Waals surface area (Å²) in [5.74, 6) is 0. The van der Waals surface area contributed by atoms with Crippen LogP contribution in [0.25, 0.3) is 11.1 Å². The molecule has 5 heterocycles.